The molecule has 2 aromatic rings. The lowest BCUT2D eigenvalue weighted by Crippen LogP contribution is -2.44. The zero-order valence-corrected chi connectivity index (χ0v) is 19.6. The lowest BCUT2D eigenvalue weighted by atomic mass is 10.0. The number of ether oxygens (including phenoxy) is 2. The number of benzene rings is 1. The van der Waals surface area contributed by atoms with Crippen LogP contribution in [0.25, 0.3) is 12.4 Å². The van der Waals surface area contributed by atoms with Gasteiger partial charge in [-0.15, -0.1) is 0 Å². The molecule has 0 radical (unpaired) electrons. The SMILES string of the molecule is C=c1c(Cc2ccc(CN3CC(C)OC(C)C3)cc2)c[nH]/c1=C(\N)N=C(N)OCCCC. The van der Waals surface area contributed by atoms with E-state index in [1.807, 2.05) is 6.20 Å². The summed E-state index contributed by atoms with van der Waals surface area (Å²) in [5.41, 5.74) is 15.5. The summed E-state index contributed by atoms with van der Waals surface area (Å²) >= 11 is 0. The standard InChI is InChI=1S/C25H37N5O2/c1-5-6-11-31-25(27)29-24(26)23-19(4)22(13-28-23)12-20-7-9-21(10-8-20)16-30-14-17(2)32-18(3)15-30/h7-10,13,17-18,28H,4-6,11-12,14-16,26H2,1-3H3,(H2,27,29)/b24-23+. The molecule has 5 N–H and O–H groups in total. The van der Waals surface area contributed by atoms with Crippen molar-refractivity contribution in [2.45, 2.75) is 58.8 Å². The molecule has 7 heteroatoms. The van der Waals surface area contributed by atoms with Crippen molar-refractivity contribution in [1.82, 2.24) is 9.88 Å². The van der Waals surface area contributed by atoms with E-state index in [-0.39, 0.29) is 24.1 Å². The quantitative estimate of drug-likeness (QED) is 0.331. The van der Waals surface area contributed by atoms with Gasteiger partial charge in [-0.25, -0.2) is 0 Å². The molecule has 1 saturated heterocycles. The molecule has 2 heterocycles. The molecular formula is C25H37N5O2. The Kier molecular flexibility index (Phi) is 8.36. The van der Waals surface area contributed by atoms with Gasteiger partial charge < -0.3 is 25.9 Å². The van der Waals surface area contributed by atoms with Crippen molar-refractivity contribution in [3.05, 3.63) is 57.7 Å². The predicted octanol–water partition coefficient (Wildman–Crippen LogP) is 1.78. The van der Waals surface area contributed by atoms with Crippen LogP contribution in [-0.4, -0.2) is 47.8 Å². The summed E-state index contributed by atoms with van der Waals surface area (Å²) in [6.07, 6.45) is 5.21. The van der Waals surface area contributed by atoms with Gasteiger partial charge in [0.2, 0.25) is 0 Å². The van der Waals surface area contributed by atoms with Gasteiger partial charge in [0.15, 0.2) is 5.82 Å². The Morgan fingerprint density at radius 1 is 1.19 bits per heavy atom. The van der Waals surface area contributed by atoms with Crippen molar-refractivity contribution in [2.24, 2.45) is 16.5 Å². The third-order valence-corrected chi connectivity index (χ3v) is 5.63. The number of unbranched alkanes of at least 4 members (excludes halogenated alkanes) is 1. The van der Waals surface area contributed by atoms with Crippen LogP contribution in [0.1, 0.15) is 50.3 Å². The molecule has 0 spiro atoms. The highest BCUT2D eigenvalue weighted by Crippen LogP contribution is 2.15. The van der Waals surface area contributed by atoms with Crippen molar-refractivity contribution in [1.29, 1.82) is 0 Å². The minimum absolute atomic E-state index is 0.0751. The third kappa shape index (κ3) is 6.61. The Balaban J connectivity index is 1.65. The monoisotopic (exact) mass is 439 g/mol. The average molecular weight is 440 g/mol. The van der Waals surface area contributed by atoms with E-state index < -0.39 is 0 Å². The molecular weight excluding hydrogens is 402 g/mol. The van der Waals surface area contributed by atoms with E-state index in [0.29, 0.717) is 12.0 Å². The smallest absolute Gasteiger partial charge is 0.288 e. The molecule has 0 aliphatic carbocycles. The maximum absolute atomic E-state index is 6.12. The highest BCUT2D eigenvalue weighted by Gasteiger charge is 2.21. The van der Waals surface area contributed by atoms with Gasteiger partial charge in [-0.1, -0.05) is 44.2 Å². The van der Waals surface area contributed by atoms with Gasteiger partial charge in [0.05, 0.1) is 24.2 Å². The van der Waals surface area contributed by atoms with E-state index in [1.54, 1.807) is 0 Å². The van der Waals surface area contributed by atoms with Gasteiger partial charge in [-0.3, -0.25) is 4.90 Å². The number of rotatable bonds is 8. The first-order valence-corrected chi connectivity index (χ1v) is 11.4. The fraction of sp³-hybridized carbons (Fsp3) is 0.480. The van der Waals surface area contributed by atoms with Gasteiger partial charge in [0, 0.05) is 25.8 Å². The molecule has 32 heavy (non-hydrogen) atoms. The number of nitrogens with one attached hydrogen (secondary N) is 1. The van der Waals surface area contributed by atoms with Crippen molar-refractivity contribution in [3.8, 4) is 0 Å². The summed E-state index contributed by atoms with van der Waals surface area (Å²) < 4.78 is 11.2. The molecule has 1 aromatic heterocycles. The summed E-state index contributed by atoms with van der Waals surface area (Å²) in [5.74, 6) is 0.277. The second-order valence-corrected chi connectivity index (χ2v) is 8.65. The summed E-state index contributed by atoms with van der Waals surface area (Å²) in [4.78, 5) is 9.79. The zero-order chi connectivity index (χ0) is 23.1. The maximum atomic E-state index is 6.12. The summed E-state index contributed by atoms with van der Waals surface area (Å²) in [5, 5.41) is 1.50. The van der Waals surface area contributed by atoms with Crippen LogP contribution >= 0.6 is 0 Å². The van der Waals surface area contributed by atoms with Gasteiger partial charge in [-0.05, 0) is 48.6 Å². The van der Waals surface area contributed by atoms with Crippen LogP contribution in [0.4, 0.5) is 0 Å². The van der Waals surface area contributed by atoms with Gasteiger partial charge in [0.1, 0.15) is 0 Å². The van der Waals surface area contributed by atoms with E-state index in [0.717, 1.165) is 49.7 Å². The van der Waals surface area contributed by atoms with Crippen LogP contribution in [0.15, 0.2) is 35.5 Å². The Morgan fingerprint density at radius 2 is 1.84 bits per heavy atom. The second-order valence-electron chi connectivity index (χ2n) is 8.65. The van der Waals surface area contributed by atoms with Crippen LogP contribution in [-0.2, 0) is 22.4 Å². The Labute approximate surface area is 190 Å². The molecule has 1 fully saturated rings. The number of amidine groups is 1. The third-order valence-electron chi connectivity index (χ3n) is 5.63. The van der Waals surface area contributed by atoms with Gasteiger partial charge in [0.25, 0.3) is 6.02 Å². The summed E-state index contributed by atoms with van der Waals surface area (Å²) in [6, 6.07) is 8.84. The number of aromatic nitrogens is 1. The molecule has 0 amide bonds. The molecule has 7 nitrogen and oxygen atoms in total. The van der Waals surface area contributed by atoms with Crippen molar-refractivity contribution in [2.75, 3.05) is 19.7 Å². The first kappa shape index (κ1) is 23.9. The van der Waals surface area contributed by atoms with Crippen molar-refractivity contribution in [3.63, 3.8) is 0 Å². The minimum Gasteiger partial charge on any atom is -0.465 e. The molecule has 0 saturated carbocycles. The molecule has 1 aliphatic heterocycles. The lowest BCUT2D eigenvalue weighted by Gasteiger charge is -2.35. The largest absolute Gasteiger partial charge is 0.465 e. The summed E-state index contributed by atoms with van der Waals surface area (Å²) in [7, 11) is 0. The van der Waals surface area contributed by atoms with E-state index in [1.165, 1.54) is 11.1 Å². The number of morpholine rings is 1. The molecule has 1 aliphatic rings. The predicted molar refractivity (Wildman–Crippen MR) is 130 cm³/mol. The van der Waals surface area contributed by atoms with Crippen LogP contribution in [0.5, 0.6) is 0 Å². The number of hydrogen-bond donors (Lipinski definition) is 3. The lowest BCUT2D eigenvalue weighted by molar-refractivity contribution is -0.0704. The number of aromatic amines is 1. The van der Waals surface area contributed by atoms with Crippen molar-refractivity contribution >= 4 is 18.4 Å². The molecule has 174 valence electrons. The maximum Gasteiger partial charge on any atom is 0.288 e. The first-order valence-electron chi connectivity index (χ1n) is 11.4. The zero-order valence-electron chi connectivity index (χ0n) is 19.6. The van der Waals surface area contributed by atoms with Crippen LogP contribution < -0.4 is 22.0 Å². The number of aliphatic imine (C=N–C) groups is 1. The van der Waals surface area contributed by atoms with E-state index >= 15 is 0 Å². The fourth-order valence-electron chi connectivity index (χ4n) is 4.06. The second kappa shape index (κ2) is 11.2. The fourth-order valence-corrected chi connectivity index (χ4v) is 4.06. The van der Waals surface area contributed by atoms with Gasteiger partial charge >= 0.3 is 0 Å². The number of hydrogen-bond acceptors (Lipinski definition) is 5. The Hall–Kier alpha value is -2.77. The Bertz CT molecular complexity index is 1000. The first-order chi connectivity index (χ1) is 15.4. The number of nitrogens with two attached hydrogens (primary N) is 2. The van der Waals surface area contributed by atoms with Crippen LogP contribution in [0.3, 0.4) is 0 Å². The molecule has 2 unspecified atom stereocenters. The molecule has 0 bridgehead atoms. The highest BCUT2D eigenvalue weighted by atomic mass is 16.5. The molecule has 3 rings (SSSR count). The van der Waals surface area contributed by atoms with E-state index in [2.05, 4.69) is 66.5 Å². The Morgan fingerprint density at radius 3 is 2.50 bits per heavy atom. The van der Waals surface area contributed by atoms with E-state index in [4.69, 9.17) is 20.9 Å². The molecule has 1 aromatic carbocycles. The average Bonchev–Trinajstić information content (AvgIpc) is 3.09. The molecule has 2 atom stereocenters. The van der Waals surface area contributed by atoms with Gasteiger partial charge in [-0.2, -0.15) is 4.99 Å². The number of H-pyrrole nitrogens is 1. The van der Waals surface area contributed by atoms with E-state index in [9.17, 15) is 0 Å². The number of nitrogens with zero attached hydrogens (tertiary/aromatic N) is 2. The van der Waals surface area contributed by atoms with Crippen LogP contribution in [0.2, 0.25) is 0 Å². The normalized spacial score (nSPS) is 20.9. The highest BCUT2D eigenvalue weighted by molar-refractivity contribution is 5.75. The summed E-state index contributed by atoms with van der Waals surface area (Å²) in [6.45, 7) is 14.0. The topological polar surface area (TPSA) is 102 Å². The minimum atomic E-state index is 0.0751. The van der Waals surface area contributed by atoms with Crippen molar-refractivity contribution < 1.29 is 9.47 Å². The van der Waals surface area contributed by atoms with Crippen LogP contribution in [0, 0.1) is 0 Å².